The predicted molar refractivity (Wildman–Crippen MR) is 76.5 cm³/mol. The molecule has 0 fully saturated rings. The van der Waals surface area contributed by atoms with Crippen LogP contribution in [-0.4, -0.2) is 40.6 Å². The molecule has 0 radical (unpaired) electrons. The fourth-order valence-corrected chi connectivity index (χ4v) is 1.98. The first-order valence-electron chi connectivity index (χ1n) is 6.12. The van der Waals surface area contributed by atoms with Crippen LogP contribution in [0.1, 0.15) is 18.9 Å². The summed E-state index contributed by atoms with van der Waals surface area (Å²) in [6, 6.07) is 9.87. The fourth-order valence-electron chi connectivity index (χ4n) is 1.67. The van der Waals surface area contributed by atoms with E-state index in [2.05, 4.69) is 0 Å². The molecule has 100 valence electrons. The lowest BCUT2D eigenvalue weighted by Gasteiger charge is -2.23. The summed E-state index contributed by atoms with van der Waals surface area (Å²) in [5.41, 5.74) is 1.09. The Balaban J connectivity index is 2.61. The summed E-state index contributed by atoms with van der Waals surface area (Å²) in [5.74, 6) is 0.106. The van der Waals surface area contributed by atoms with Gasteiger partial charge in [-0.05, 0) is 11.8 Å². The first kappa shape index (κ1) is 15.1. The van der Waals surface area contributed by atoms with Gasteiger partial charge in [0.2, 0.25) is 5.91 Å². The van der Waals surface area contributed by atoms with E-state index in [1.807, 2.05) is 43.5 Å². The second-order valence-electron chi connectivity index (χ2n) is 4.27. The van der Waals surface area contributed by atoms with Gasteiger partial charge in [-0.1, -0.05) is 37.3 Å². The third-order valence-corrected chi connectivity index (χ3v) is 3.77. The highest BCUT2D eigenvalue weighted by Gasteiger charge is 2.16. The van der Waals surface area contributed by atoms with Gasteiger partial charge in [-0.2, -0.15) is 11.8 Å². The van der Waals surface area contributed by atoms with E-state index in [-0.39, 0.29) is 12.5 Å². The van der Waals surface area contributed by atoms with E-state index in [1.165, 1.54) is 0 Å². The van der Waals surface area contributed by atoms with Crippen LogP contribution in [0.4, 0.5) is 0 Å². The van der Waals surface area contributed by atoms with E-state index in [1.54, 1.807) is 16.7 Å². The Morgan fingerprint density at radius 3 is 2.61 bits per heavy atom. The van der Waals surface area contributed by atoms with Crippen LogP contribution in [0.3, 0.4) is 0 Å². The molecule has 0 aromatic heterocycles. The summed E-state index contributed by atoms with van der Waals surface area (Å²) in [4.78, 5) is 13.8. The van der Waals surface area contributed by atoms with Crippen LogP contribution in [0, 0.1) is 0 Å². The molecule has 1 aromatic rings. The minimum Gasteiger partial charge on any atom is -0.395 e. The first-order chi connectivity index (χ1) is 8.67. The van der Waals surface area contributed by atoms with Crippen LogP contribution in [0.5, 0.6) is 0 Å². The molecule has 1 N–H and O–H groups in total. The van der Waals surface area contributed by atoms with Gasteiger partial charge in [-0.25, -0.2) is 0 Å². The van der Waals surface area contributed by atoms with E-state index < -0.39 is 0 Å². The minimum absolute atomic E-state index is 0.00617. The van der Waals surface area contributed by atoms with E-state index in [4.69, 9.17) is 5.11 Å². The summed E-state index contributed by atoms with van der Waals surface area (Å²) in [7, 11) is 0. The van der Waals surface area contributed by atoms with Gasteiger partial charge < -0.3 is 10.0 Å². The average Bonchev–Trinajstić information content (AvgIpc) is 2.39. The molecule has 1 aromatic carbocycles. The zero-order chi connectivity index (χ0) is 13.4. The van der Waals surface area contributed by atoms with Crippen molar-refractivity contribution in [2.75, 3.05) is 19.4 Å². The van der Waals surface area contributed by atoms with E-state index >= 15 is 0 Å². The molecule has 4 heteroatoms. The smallest absolute Gasteiger partial charge is 0.224 e. The van der Waals surface area contributed by atoms with Crippen molar-refractivity contribution in [1.82, 2.24) is 4.90 Å². The summed E-state index contributed by atoms with van der Waals surface area (Å²) in [5, 5.41) is 9.37. The van der Waals surface area contributed by atoms with Gasteiger partial charge in [0.25, 0.3) is 0 Å². The molecule has 0 saturated carbocycles. The Kier molecular flexibility index (Phi) is 6.83. The highest BCUT2D eigenvalue weighted by atomic mass is 32.2. The molecule has 0 saturated heterocycles. The van der Waals surface area contributed by atoms with Gasteiger partial charge in [-0.3, -0.25) is 4.79 Å². The third-order valence-electron chi connectivity index (χ3n) is 2.80. The zero-order valence-electron chi connectivity index (χ0n) is 11.0. The second-order valence-corrected chi connectivity index (χ2v) is 5.55. The van der Waals surface area contributed by atoms with Crippen molar-refractivity contribution in [3.63, 3.8) is 0 Å². The molecular formula is C14H21NO2S. The molecule has 1 unspecified atom stereocenters. The molecule has 0 aliphatic carbocycles. The van der Waals surface area contributed by atoms with Crippen LogP contribution in [0.2, 0.25) is 0 Å². The van der Waals surface area contributed by atoms with Crippen molar-refractivity contribution >= 4 is 17.7 Å². The minimum atomic E-state index is 0.00617. The summed E-state index contributed by atoms with van der Waals surface area (Å²) >= 11 is 1.68. The van der Waals surface area contributed by atoms with Crippen LogP contribution in [0.25, 0.3) is 0 Å². The lowest BCUT2D eigenvalue weighted by molar-refractivity contribution is -0.132. The Bertz CT molecular complexity index is 356. The molecular weight excluding hydrogens is 246 g/mol. The van der Waals surface area contributed by atoms with Crippen LogP contribution >= 0.6 is 11.8 Å². The zero-order valence-corrected chi connectivity index (χ0v) is 11.8. The second kappa shape index (κ2) is 8.16. The maximum absolute atomic E-state index is 12.1. The number of carbonyl (C=O) groups excluding carboxylic acids is 1. The highest BCUT2D eigenvalue weighted by molar-refractivity contribution is 7.99. The van der Waals surface area contributed by atoms with E-state index in [0.717, 1.165) is 5.56 Å². The van der Waals surface area contributed by atoms with Crippen molar-refractivity contribution < 1.29 is 9.90 Å². The number of aliphatic hydroxyl groups is 1. The molecule has 1 rings (SSSR count). The van der Waals surface area contributed by atoms with Crippen molar-refractivity contribution in [3.05, 3.63) is 35.9 Å². The molecule has 1 amide bonds. The number of benzene rings is 1. The Labute approximate surface area is 113 Å². The van der Waals surface area contributed by atoms with Gasteiger partial charge in [0, 0.05) is 24.8 Å². The van der Waals surface area contributed by atoms with Gasteiger partial charge in [0.1, 0.15) is 0 Å². The molecule has 1 atom stereocenters. The van der Waals surface area contributed by atoms with Crippen LogP contribution in [0.15, 0.2) is 30.3 Å². The van der Waals surface area contributed by atoms with E-state index in [9.17, 15) is 4.79 Å². The lowest BCUT2D eigenvalue weighted by atomic mass is 10.2. The first-order valence-corrected chi connectivity index (χ1v) is 7.41. The van der Waals surface area contributed by atoms with Gasteiger partial charge in [-0.15, -0.1) is 0 Å². The quantitative estimate of drug-likeness (QED) is 0.823. The standard InChI is InChI=1S/C14H21NO2S/c1-12(18-2)10-14(17)15(8-9-16)11-13-6-4-3-5-7-13/h3-7,12,16H,8-11H2,1-2H3. The maximum Gasteiger partial charge on any atom is 0.224 e. The Morgan fingerprint density at radius 2 is 2.06 bits per heavy atom. The number of carbonyl (C=O) groups is 1. The SMILES string of the molecule is CSC(C)CC(=O)N(CCO)Cc1ccccc1. The number of amides is 1. The topological polar surface area (TPSA) is 40.5 Å². The molecule has 3 nitrogen and oxygen atoms in total. The monoisotopic (exact) mass is 267 g/mol. The number of thioether (sulfide) groups is 1. The maximum atomic E-state index is 12.1. The Morgan fingerprint density at radius 1 is 1.39 bits per heavy atom. The highest BCUT2D eigenvalue weighted by Crippen LogP contribution is 2.13. The Hall–Kier alpha value is -1.00. The van der Waals surface area contributed by atoms with Gasteiger partial charge in [0.15, 0.2) is 0 Å². The third kappa shape index (κ3) is 5.10. The molecule has 0 aliphatic rings. The van der Waals surface area contributed by atoms with Gasteiger partial charge >= 0.3 is 0 Å². The molecule has 18 heavy (non-hydrogen) atoms. The molecule has 0 spiro atoms. The summed E-state index contributed by atoms with van der Waals surface area (Å²) < 4.78 is 0. The van der Waals surface area contributed by atoms with Crippen molar-refractivity contribution in [3.8, 4) is 0 Å². The van der Waals surface area contributed by atoms with Crippen molar-refractivity contribution in [2.24, 2.45) is 0 Å². The number of aliphatic hydroxyl groups excluding tert-OH is 1. The van der Waals surface area contributed by atoms with Crippen molar-refractivity contribution in [2.45, 2.75) is 25.1 Å². The largest absolute Gasteiger partial charge is 0.395 e. The average molecular weight is 267 g/mol. The van der Waals surface area contributed by atoms with Crippen molar-refractivity contribution in [1.29, 1.82) is 0 Å². The number of nitrogens with zero attached hydrogens (tertiary/aromatic N) is 1. The number of hydrogen-bond donors (Lipinski definition) is 1. The van der Waals surface area contributed by atoms with Crippen LogP contribution in [-0.2, 0) is 11.3 Å². The van der Waals surface area contributed by atoms with E-state index in [0.29, 0.717) is 24.8 Å². The van der Waals surface area contributed by atoms with Gasteiger partial charge in [0.05, 0.1) is 6.61 Å². The number of rotatable bonds is 7. The molecule has 0 bridgehead atoms. The number of hydrogen-bond acceptors (Lipinski definition) is 3. The predicted octanol–water partition coefficient (Wildman–Crippen LogP) is 2.15. The lowest BCUT2D eigenvalue weighted by Crippen LogP contribution is -2.34. The fraction of sp³-hybridized carbons (Fsp3) is 0.500. The molecule has 0 aliphatic heterocycles. The molecule has 0 heterocycles. The summed E-state index contributed by atoms with van der Waals surface area (Å²) in [6.07, 6.45) is 2.53. The normalized spacial score (nSPS) is 12.2. The summed E-state index contributed by atoms with van der Waals surface area (Å²) in [6.45, 7) is 3.02. The van der Waals surface area contributed by atoms with Crippen LogP contribution < -0.4 is 0 Å².